The third-order valence-electron chi connectivity index (χ3n) is 4.95. The first-order valence-corrected chi connectivity index (χ1v) is 9.13. The predicted octanol–water partition coefficient (Wildman–Crippen LogP) is 4.30. The second kappa shape index (κ2) is 7.66. The number of piperidine rings is 1. The van der Waals surface area contributed by atoms with Crippen molar-refractivity contribution in [1.82, 2.24) is 14.9 Å². The molecule has 0 unspecified atom stereocenters. The van der Waals surface area contributed by atoms with Crippen LogP contribution in [0.15, 0.2) is 67.0 Å². The van der Waals surface area contributed by atoms with Crippen molar-refractivity contribution in [2.75, 3.05) is 13.1 Å². The van der Waals surface area contributed by atoms with Gasteiger partial charge < -0.3 is 4.90 Å². The molecule has 0 aliphatic carbocycles. The van der Waals surface area contributed by atoms with Gasteiger partial charge in [0.15, 0.2) is 0 Å². The van der Waals surface area contributed by atoms with Gasteiger partial charge in [0.2, 0.25) is 0 Å². The van der Waals surface area contributed by atoms with E-state index in [4.69, 9.17) is 4.98 Å². The SMILES string of the molecule is O=C(c1cccnc1)N1CCC[C@@H](c2cccc(-c3ccc(F)cc3)n2)C1. The van der Waals surface area contributed by atoms with Gasteiger partial charge in [-0.15, -0.1) is 0 Å². The van der Waals surface area contributed by atoms with E-state index in [2.05, 4.69) is 4.98 Å². The van der Waals surface area contributed by atoms with Crippen LogP contribution in [-0.4, -0.2) is 33.9 Å². The van der Waals surface area contributed by atoms with Gasteiger partial charge >= 0.3 is 0 Å². The zero-order valence-electron chi connectivity index (χ0n) is 14.9. The van der Waals surface area contributed by atoms with E-state index in [-0.39, 0.29) is 17.6 Å². The highest BCUT2D eigenvalue weighted by atomic mass is 19.1. The molecule has 0 bridgehead atoms. The van der Waals surface area contributed by atoms with Crippen molar-refractivity contribution in [3.63, 3.8) is 0 Å². The Balaban J connectivity index is 1.54. The summed E-state index contributed by atoms with van der Waals surface area (Å²) in [4.78, 5) is 23.4. The molecule has 0 spiro atoms. The first kappa shape index (κ1) is 17.3. The quantitative estimate of drug-likeness (QED) is 0.699. The van der Waals surface area contributed by atoms with Crippen molar-refractivity contribution in [2.24, 2.45) is 0 Å². The molecule has 3 aromatic rings. The Morgan fingerprint density at radius 1 is 1.07 bits per heavy atom. The molecular weight excluding hydrogens is 341 g/mol. The van der Waals surface area contributed by atoms with E-state index in [0.29, 0.717) is 12.1 Å². The van der Waals surface area contributed by atoms with Crippen LogP contribution in [0.25, 0.3) is 11.3 Å². The molecule has 1 amide bonds. The van der Waals surface area contributed by atoms with Crippen molar-refractivity contribution in [1.29, 1.82) is 0 Å². The fourth-order valence-corrected chi connectivity index (χ4v) is 3.54. The number of carbonyl (C=O) groups is 1. The Kier molecular flexibility index (Phi) is 4.92. The number of carbonyl (C=O) groups excluding carboxylic acids is 1. The van der Waals surface area contributed by atoms with E-state index >= 15 is 0 Å². The zero-order chi connectivity index (χ0) is 18.6. The Morgan fingerprint density at radius 3 is 2.70 bits per heavy atom. The normalized spacial score (nSPS) is 16.9. The Hall–Kier alpha value is -3.08. The second-order valence-corrected chi connectivity index (χ2v) is 6.79. The summed E-state index contributed by atoms with van der Waals surface area (Å²) >= 11 is 0. The summed E-state index contributed by atoms with van der Waals surface area (Å²) in [7, 11) is 0. The largest absolute Gasteiger partial charge is 0.338 e. The minimum Gasteiger partial charge on any atom is -0.338 e. The molecular formula is C22H20FN3O. The summed E-state index contributed by atoms with van der Waals surface area (Å²) in [6.07, 6.45) is 5.22. The van der Waals surface area contributed by atoms with Gasteiger partial charge in [0.05, 0.1) is 11.3 Å². The molecule has 0 N–H and O–H groups in total. The first-order chi connectivity index (χ1) is 13.2. The lowest BCUT2D eigenvalue weighted by atomic mass is 9.93. The lowest BCUT2D eigenvalue weighted by molar-refractivity contribution is 0.0705. The predicted molar refractivity (Wildman–Crippen MR) is 102 cm³/mol. The second-order valence-electron chi connectivity index (χ2n) is 6.79. The minimum absolute atomic E-state index is 0.0162. The Bertz CT molecular complexity index is 928. The molecule has 0 radical (unpaired) electrons. The van der Waals surface area contributed by atoms with Gasteiger partial charge in [-0.1, -0.05) is 6.07 Å². The molecule has 2 aromatic heterocycles. The summed E-state index contributed by atoms with van der Waals surface area (Å²) in [6, 6.07) is 15.9. The van der Waals surface area contributed by atoms with Gasteiger partial charge in [0.1, 0.15) is 5.82 Å². The molecule has 5 heteroatoms. The third kappa shape index (κ3) is 3.87. The molecule has 0 saturated carbocycles. The number of likely N-dealkylation sites (tertiary alicyclic amines) is 1. The van der Waals surface area contributed by atoms with E-state index < -0.39 is 0 Å². The van der Waals surface area contributed by atoms with Crippen LogP contribution in [-0.2, 0) is 0 Å². The van der Waals surface area contributed by atoms with E-state index in [1.54, 1.807) is 36.7 Å². The first-order valence-electron chi connectivity index (χ1n) is 9.13. The van der Waals surface area contributed by atoms with Crippen molar-refractivity contribution < 1.29 is 9.18 Å². The zero-order valence-corrected chi connectivity index (χ0v) is 14.9. The van der Waals surface area contributed by atoms with E-state index in [0.717, 1.165) is 36.3 Å². The summed E-state index contributed by atoms with van der Waals surface area (Å²) in [6.45, 7) is 1.40. The maximum atomic E-state index is 13.2. The van der Waals surface area contributed by atoms with Crippen LogP contribution < -0.4 is 0 Å². The van der Waals surface area contributed by atoms with Gasteiger partial charge in [-0.3, -0.25) is 14.8 Å². The van der Waals surface area contributed by atoms with Gasteiger partial charge in [-0.05, 0) is 61.4 Å². The highest BCUT2D eigenvalue weighted by Gasteiger charge is 2.26. The molecule has 4 rings (SSSR count). The highest BCUT2D eigenvalue weighted by molar-refractivity contribution is 5.94. The smallest absolute Gasteiger partial charge is 0.255 e. The number of pyridine rings is 2. The van der Waals surface area contributed by atoms with Gasteiger partial charge in [-0.25, -0.2) is 4.39 Å². The van der Waals surface area contributed by atoms with Gasteiger partial charge in [-0.2, -0.15) is 0 Å². The average molecular weight is 361 g/mol. The van der Waals surface area contributed by atoms with Crippen LogP contribution in [0, 0.1) is 5.82 Å². The molecule has 1 aromatic carbocycles. The summed E-state index contributed by atoms with van der Waals surface area (Å²) in [5.41, 5.74) is 3.30. The number of halogens is 1. The van der Waals surface area contributed by atoms with Gasteiger partial charge in [0.25, 0.3) is 5.91 Å². The molecule has 1 aliphatic heterocycles. The highest BCUT2D eigenvalue weighted by Crippen LogP contribution is 2.28. The summed E-state index contributed by atoms with van der Waals surface area (Å²) in [5.74, 6) is -0.0472. The summed E-state index contributed by atoms with van der Waals surface area (Å²) < 4.78 is 13.2. The molecule has 1 fully saturated rings. The third-order valence-corrected chi connectivity index (χ3v) is 4.95. The number of rotatable bonds is 3. The van der Waals surface area contributed by atoms with Crippen molar-refractivity contribution in [2.45, 2.75) is 18.8 Å². The molecule has 1 saturated heterocycles. The van der Waals surface area contributed by atoms with Crippen LogP contribution >= 0.6 is 0 Å². The van der Waals surface area contributed by atoms with Gasteiger partial charge in [0, 0.05) is 42.7 Å². The van der Waals surface area contributed by atoms with Crippen molar-refractivity contribution in [3.05, 3.63) is 84.1 Å². The van der Waals surface area contributed by atoms with Crippen LogP contribution in [0.3, 0.4) is 0 Å². The van der Waals surface area contributed by atoms with Crippen LogP contribution in [0.2, 0.25) is 0 Å². The van der Waals surface area contributed by atoms with E-state index in [1.165, 1.54) is 12.1 Å². The van der Waals surface area contributed by atoms with Crippen molar-refractivity contribution >= 4 is 5.91 Å². The number of amides is 1. The van der Waals surface area contributed by atoms with Crippen molar-refractivity contribution in [3.8, 4) is 11.3 Å². The molecule has 136 valence electrons. The maximum Gasteiger partial charge on any atom is 0.255 e. The monoisotopic (exact) mass is 361 g/mol. The van der Waals surface area contributed by atoms with Crippen LogP contribution in [0.1, 0.15) is 34.8 Å². The molecule has 27 heavy (non-hydrogen) atoms. The van der Waals surface area contributed by atoms with E-state index in [1.807, 2.05) is 23.1 Å². The molecule has 3 heterocycles. The number of hydrogen-bond donors (Lipinski definition) is 0. The standard InChI is InChI=1S/C22H20FN3O/c23-19-10-8-16(9-11-19)20-6-1-7-21(25-20)18-5-3-13-26(15-18)22(27)17-4-2-12-24-14-17/h1-2,4,6-12,14,18H,3,5,13,15H2/t18-/m1/s1. The fourth-order valence-electron chi connectivity index (χ4n) is 3.54. The lowest BCUT2D eigenvalue weighted by Crippen LogP contribution is -2.39. The molecule has 4 nitrogen and oxygen atoms in total. The number of nitrogens with zero attached hydrogens (tertiary/aromatic N) is 3. The fraction of sp³-hybridized carbons (Fsp3) is 0.227. The average Bonchev–Trinajstić information content (AvgIpc) is 2.74. The number of aromatic nitrogens is 2. The lowest BCUT2D eigenvalue weighted by Gasteiger charge is -2.32. The van der Waals surface area contributed by atoms with Crippen LogP contribution in [0.4, 0.5) is 4.39 Å². The Morgan fingerprint density at radius 2 is 1.93 bits per heavy atom. The molecule has 1 atom stereocenters. The number of benzene rings is 1. The van der Waals surface area contributed by atoms with Crippen LogP contribution in [0.5, 0.6) is 0 Å². The topological polar surface area (TPSA) is 46.1 Å². The minimum atomic E-state index is -0.258. The maximum absolute atomic E-state index is 13.2. The van der Waals surface area contributed by atoms with E-state index in [9.17, 15) is 9.18 Å². The summed E-state index contributed by atoms with van der Waals surface area (Å²) in [5, 5.41) is 0. The number of hydrogen-bond acceptors (Lipinski definition) is 3. The molecule has 1 aliphatic rings. The Labute approximate surface area is 157 Å².